The van der Waals surface area contributed by atoms with Crippen molar-refractivity contribution < 1.29 is 13.2 Å². The maximum atomic E-state index is 12.4. The number of amides is 2. The van der Waals surface area contributed by atoms with Gasteiger partial charge in [0.25, 0.3) is 15.6 Å². The first-order valence-corrected chi connectivity index (χ1v) is 12.1. The average Bonchev–Trinajstić information content (AvgIpc) is 3.40. The summed E-state index contributed by atoms with van der Waals surface area (Å²) >= 11 is 6.57. The molecule has 0 aliphatic heterocycles. The molecule has 0 aliphatic carbocycles. The number of H-pyrrole nitrogens is 1. The van der Waals surface area contributed by atoms with E-state index < -0.39 is 16.1 Å². The lowest BCUT2D eigenvalue weighted by Crippen LogP contribution is -2.34. The van der Waals surface area contributed by atoms with Gasteiger partial charge in [-0.05, 0) is 42.0 Å². The highest BCUT2D eigenvalue weighted by atomic mass is 35.5. The number of sulfonamides is 1. The number of aromatic amines is 1. The molecule has 0 bridgehead atoms. The normalized spacial score (nSPS) is 11.2. The van der Waals surface area contributed by atoms with E-state index >= 15 is 0 Å². The first kappa shape index (κ1) is 22.6. The summed E-state index contributed by atoms with van der Waals surface area (Å²) in [5, 5.41) is 8.39. The number of hydrogen-bond donors (Lipinski definition) is 4. The number of urea groups is 1. The van der Waals surface area contributed by atoms with E-state index in [1.807, 2.05) is 36.0 Å². The number of pyridine rings is 1. The van der Waals surface area contributed by atoms with E-state index in [4.69, 9.17) is 11.6 Å². The van der Waals surface area contributed by atoms with Crippen molar-refractivity contribution in [1.82, 2.24) is 19.5 Å². The van der Waals surface area contributed by atoms with Gasteiger partial charge in [0.2, 0.25) is 0 Å². The summed E-state index contributed by atoms with van der Waals surface area (Å²) in [6.45, 7) is 0. The Hall–Kier alpha value is -3.61. The van der Waals surface area contributed by atoms with E-state index in [2.05, 4.69) is 20.7 Å². The third-order valence-corrected chi connectivity index (χ3v) is 7.55. The highest BCUT2D eigenvalue weighted by molar-refractivity contribution is 7.92. The molecule has 0 spiro atoms. The first-order valence-electron chi connectivity index (χ1n) is 9.41. The molecule has 0 atom stereocenters. The third kappa shape index (κ3) is 5.08. The standard InChI is InChI=1S/C20H17ClN6O4S2/c1-22-13-4-2-12(3-5-13)15-10-18(28)27(25-15)14-6-8-17(23-11-14)24-20(29)26-33(30,31)19-9-7-16(21)32-19/h2-11,22,25H,1H3,(H2,23,24,26,29). The fourth-order valence-corrected chi connectivity index (χ4v) is 5.29. The number of benzene rings is 1. The third-order valence-electron chi connectivity index (χ3n) is 4.49. The molecule has 3 aromatic heterocycles. The lowest BCUT2D eigenvalue weighted by molar-refractivity contribution is 0.256. The summed E-state index contributed by atoms with van der Waals surface area (Å²) in [7, 11) is -2.23. The quantitative estimate of drug-likeness (QED) is 0.317. The summed E-state index contributed by atoms with van der Waals surface area (Å²) in [4.78, 5) is 28.6. The lowest BCUT2D eigenvalue weighted by atomic mass is 10.1. The van der Waals surface area contributed by atoms with Crippen LogP contribution in [-0.4, -0.2) is 36.3 Å². The van der Waals surface area contributed by atoms with E-state index in [0.29, 0.717) is 11.4 Å². The van der Waals surface area contributed by atoms with Crippen LogP contribution in [0, 0.1) is 0 Å². The monoisotopic (exact) mass is 504 g/mol. The van der Waals surface area contributed by atoms with Crippen LogP contribution < -0.4 is 20.9 Å². The Kier molecular flexibility index (Phi) is 6.22. The molecule has 4 aromatic rings. The molecule has 0 radical (unpaired) electrons. The number of thiophene rings is 1. The van der Waals surface area contributed by atoms with Crippen LogP contribution in [0.2, 0.25) is 4.34 Å². The Morgan fingerprint density at radius 2 is 1.88 bits per heavy atom. The van der Waals surface area contributed by atoms with Gasteiger partial charge in [-0.3, -0.25) is 15.2 Å². The SMILES string of the molecule is CNc1ccc(-c2cc(=O)n(-c3ccc(NC(=O)NS(=O)(=O)c4ccc(Cl)s4)nc3)[nH]2)cc1. The molecule has 33 heavy (non-hydrogen) atoms. The maximum Gasteiger partial charge on any atom is 0.334 e. The van der Waals surface area contributed by atoms with Crippen LogP contribution in [0.1, 0.15) is 0 Å². The molecule has 0 saturated heterocycles. The Bertz CT molecular complexity index is 1460. The van der Waals surface area contributed by atoms with Crippen molar-refractivity contribution in [3.63, 3.8) is 0 Å². The molecule has 170 valence electrons. The highest BCUT2D eigenvalue weighted by Crippen LogP contribution is 2.25. The number of anilines is 2. The van der Waals surface area contributed by atoms with Crippen molar-refractivity contribution >= 4 is 50.5 Å². The van der Waals surface area contributed by atoms with E-state index in [9.17, 15) is 18.0 Å². The summed E-state index contributed by atoms with van der Waals surface area (Å²) in [6.07, 6.45) is 1.37. The second-order valence-electron chi connectivity index (χ2n) is 6.69. The van der Waals surface area contributed by atoms with Crippen LogP contribution in [-0.2, 0) is 10.0 Å². The number of carbonyl (C=O) groups excluding carboxylic acids is 1. The average molecular weight is 505 g/mol. The number of aromatic nitrogens is 3. The number of halogens is 1. The molecule has 4 N–H and O–H groups in total. The molecule has 10 nitrogen and oxygen atoms in total. The first-order chi connectivity index (χ1) is 15.7. The van der Waals surface area contributed by atoms with Gasteiger partial charge in [0.1, 0.15) is 10.0 Å². The molecule has 0 saturated carbocycles. The van der Waals surface area contributed by atoms with Gasteiger partial charge in [0, 0.05) is 18.8 Å². The van der Waals surface area contributed by atoms with Crippen molar-refractivity contribution in [2.24, 2.45) is 0 Å². The zero-order chi connectivity index (χ0) is 23.6. The van der Waals surface area contributed by atoms with Crippen LogP contribution in [0.4, 0.5) is 16.3 Å². The fraction of sp³-hybridized carbons (Fsp3) is 0.0500. The van der Waals surface area contributed by atoms with Gasteiger partial charge in [0.05, 0.1) is 21.9 Å². The minimum absolute atomic E-state index is 0.0894. The number of hydrogen-bond acceptors (Lipinski definition) is 7. The number of nitrogens with one attached hydrogen (secondary N) is 4. The van der Waals surface area contributed by atoms with E-state index in [1.165, 1.54) is 35.1 Å². The van der Waals surface area contributed by atoms with E-state index in [0.717, 1.165) is 22.6 Å². The largest absolute Gasteiger partial charge is 0.388 e. The van der Waals surface area contributed by atoms with Crippen molar-refractivity contribution in [2.75, 3.05) is 17.7 Å². The minimum atomic E-state index is -4.05. The molecule has 2 amide bonds. The Morgan fingerprint density at radius 1 is 1.12 bits per heavy atom. The zero-order valence-electron chi connectivity index (χ0n) is 17.0. The zero-order valence-corrected chi connectivity index (χ0v) is 19.4. The van der Waals surface area contributed by atoms with Crippen molar-refractivity contribution in [2.45, 2.75) is 4.21 Å². The molecule has 4 rings (SSSR count). The van der Waals surface area contributed by atoms with Gasteiger partial charge in [-0.25, -0.2) is 27.6 Å². The number of nitrogens with zero attached hydrogens (tertiary/aromatic N) is 2. The molecule has 0 unspecified atom stereocenters. The maximum absolute atomic E-state index is 12.4. The van der Waals surface area contributed by atoms with Crippen LogP contribution in [0.3, 0.4) is 0 Å². The molecular formula is C20H17ClN6O4S2. The van der Waals surface area contributed by atoms with Gasteiger partial charge >= 0.3 is 6.03 Å². The van der Waals surface area contributed by atoms with Crippen LogP contribution >= 0.6 is 22.9 Å². The summed E-state index contributed by atoms with van der Waals surface area (Å²) in [5.74, 6) is 0.0955. The van der Waals surface area contributed by atoms with Gasteiger partial charge < -0.3 is 5.32 Å². The van der Waals surface area contributed by atoms with Crippen LogP contribution in [0.5, 0.6) is 0 Å². The topological polar surface area (TPSA) is 138 Å². The van der Waals surface area contributed by atoms with E-state index in [-0.39, 0.29) is 19.9 Å². The summed E-state index contributed by atoms with van der Waals surface area (Å²) in [6, 6.07) is 13.8. The number of carbonyl (C=O) groups is 1. The second-order valence-corrected chi connectivity index (χ2v) is 10.3. The molecule has 1 aromatic carbocycles. The summed E-state index contributed by atoms with van der Waals surface area (Å²) < 4.78 is 27.8. The second kappa shape index (κ2) is 9.10. The van der Waals surface area contributed by atoms with Gasteiger partial charge in [-0.2, -0.15) is 0 Å². The van der Waals surface area contributed by atoms with Crippen LogP contribution in [0.25, 0.3) is 16.9 Å². The van der Waals surface area contributed by atoms with Crippen molar-refractivity contribution in [3.05, 3.63) is 75.5 Å². The smallest absolute Gasteiger partial charge is 0.334 e. The molecule has 3 heterocycles. The predicted octanol–water partition coefficient (Wildman–Crippen LogP) is 3.49. The molecular weight excluding hydrogens is 488 g/mol. The van der Waals surface area contributed by atoms with Crippen LogP contribution in [0.15, 0.2) is 69.8 Å². The van der Waals surface area contributed by atoms with E-state index in [1.54, 1.807) is 6.07 Å². The summed E-state index contributed by atoms with van der Waals surface area (Å²) in [5.41, 5.74) is 2.56. The van der Waals surface area contributed by atoms with Gasteiger partial charge in [0.15, 0.2) is 0 Å². The lowest BCUT2D eigenvalue weighted by Gasteiger charge is -2.08. The molecule has 0 aliphatic rings. The minimum Gasteiger partial charge on any atom is -0.388 e. The Morgan fingerprint density at radius 3 is 2.48 bits per heavy atom. The van der Waals surface area contributed by atoms with Crippen molar-refractivity contribution in [1.29, 1.82) is 0 Å². The molecule has 0 fully saturated rings. The molecule has 13 heteroatoms. The fourth-order valence-electron chi connectivity index (χ4n) is 2.90. The van der Waals surface area contributed by atoms with Gasteiger partial charge in [-0.1, -0.05) is 23.7 Å². The predicted molar refractivity (Wildman–Crippen MR) is 128 cm³/mol. The Labute approximate surface area is 197 Å². The Balaban J connectivity index is 1.46. The van der Waals surface area contributed by atoms with Crippen molar-refractivity contribution in [3.8, 4) is 16.9 Å². The number of rotatable bonds is 6. The van der Waals surface area contributed by atoms with Gasteiger partial charge in [-0.15, -0.1) is 11.3 Å². The highest BCUT2D eigenvalue weighted by Gasteiger charge is 2.20.